The van der Waals surface area contributed by atoms with Crippen molar-refractivity contribution in [2.45, 2.75) is 13.3 Å². The maximum Gasteiger partial charge on any atom is 2.00 e. The molecule has 0 spiro atoms. The molecule has 5 heavy (non-hydrogen) atoms. The van der Waals surface area contributed by atoms with Crippen molar-refractivity contribution in [1.29, 1.82) is 0 Å². The third kappa shape index (κ3) is 12.6. The first-order valence-corrected chi connectivity index (χ1v) is 1.62. The van der Waals surface area contributed by atoms with Gasteiger partial charge in [0, 0.05) is 0 Å². The van der Waals surface area contributed by atoms with Crippen molar-refractivity contribution in [2.24, 2.45) is 5.73 Å². The molecule has 2 N–H and O–H groups in total. The average Bonchev–Trinajstić information content (AvgIpc) is 1.37. The first-order valence-electron chi connectivity index (χ1n) is 1.62. The van der Waals surface area contributed by atoms with Gasteiger partial charge in [0.05, 0.1) is 0 Å². The van der Waals surface area contributed by atoms with Gasteiger partial charge in [0.15, 0.2) is 0 Å². The summed E-state index contributed by atoms with van der Waals surface area (Å²) in [7, 11) is 0. The van der Waals surface area contributed by atoms with E-state index in [2.05, 4.69) is 6.92 Å². The summed E-state index contributed by atoms with van der Waals surface area (Å²) in [4.78, 5) is 0. The minimum atomic E-state index is 0. The van der Waals surface area contributed by atoms with E-state index in [0.717, 1.165) is 13.0 Å². The van der Waals surface area contributed by atoms with Crippen LogP contribution in [0, 0.1) is 0 Å². The summed E-state index contributed by atoms with van der Waals surface area (Å²) in [6.07, 6.45) is 1.10. The molecule has 2 heteroatoms. The van der Waals surface area contributed by atoms with E-state index in [1.54, 1.807) is 0 Å². The van der Waals surface area contributed by atoms with Gasteiger partial charge in [0.1, 0.15) is 0 Å². The normalized spacial score (nSPS) is 6.00. The molecule has 0 rings (SSSR count). The van der Waals surface area contributed by atoms with E-state index in [4.69, 9.17) is 5.73 Å². The zero-order chi connectivity index (χ0) is 3.41. The Morgan fingerprint density at radius 3 is 1.80 bits per heavy atom. The summed E-state index contributed by atoms with van der Waals surface area (Å²) in [6.45, 7) is 2.88. The Bertz CT molecular complexity index is 8.85. The molecule has 0 heterocycles. The number of hydrogen-bond acceptors (Lipinski definition) is 1. The second-order valence-corrected chi connectivity index (χ2v) is 0.789. The van der Waals surface area contributed by atoms with Gasteiger partial charge in [-0.1, -0.05) is 6.92 Å². The average molecular weight is 123 g/mol. The molecule has 0 fully saturated rings. The van der Waals surface area contributed by atoms with E-state index in [9.17, 15) is 0 Å². The molecule has 0 unspecified atom stereocenters. The molecule has 0 aromatic carbocycles. The molecule has 0 aliphatic heterocycles. The van der Waals surface area contributed by atoms with E-state index < -0.39 is 0 Å². The van der Waals surface area contributed by atoms with Crippen LogP contribution in [0.2, 0.25) is 0 Å². The molecule has 35 valence electrons. The molecule has 0 atom stereocenters. The van der Waals surface area contributed by atoms with Gasteiger partial charge in [-0.3, -0.25) is 0 Å². The van der Waals surface area contributed by atoms with Gasteiger partial charge < -0.3 is 5.73 Å². The van der Waals surface area contributed by atoms with Crippen molar-refractivity contribution in [3.05, 3.63) is 0 Å². The predicted molar refractivity (Wildman–Crippen MR) is 19.3 cm³/mol. The van der Waals surface area contributed by atoms with Crippen LogP contribution in [0.3, 0.4) is 0 Å². The van der Waals surface area contributed by atoms with Crippen molar-refractivity contribution >= 4 is 0 Å². The Kier molecular flexibility index (Phi) is 16.0. The van der Waals surface area contributed by atoms with Gasteiger partial charge in [0.2, 0.25) is 0 Å². The Hall–Kier alpha value is 0.479. The first kappa shape index (κ1) is 9.08. The fourth-order valence-corrected chi connectivity index (χ4v) is 0. The standard InChI is InChI=1S/C3H9N.Cu/c1-2-3-4;/h2-4H2,1H3;/q;+2. The van der Waals surface area contributed by atoms with Crippen molar-refractivity contribution in [3.8, 4) is 0 Å². The van der Waals surface area contributed by atoms with Gasteiger partial charge in [-0.05, 0) is 13.0 Å². The van der Waals surface area contributed by atoms with Crippen LogP contribution in [-0.2, 0) is 17.1 Å². The monoisotopic (exact) mass is 122 g/mol. The first-order chi connectivity index (χ1) is 1.91. The molecule has 0 bridgehead atoms. The second kappa shape index (κ2) is 8.82. The molecular formula is C3H9CuN+2. The van der Waals surface area contributed by atoms with Gasteiger partial charge in [-0.15, -0.1) is 0 Å². The molecule has 1 radical (unpaired) electrons. The number of rotatable bonds is 1. The fourth-order valence-electron chi connectivity index (χ4n) is 0. The zero-order valence-electron chi connectivity index (χ0n) is 3.29. The van der Waals surface area contributed by atoms with Crippen LogP contribution in [0.4, 0.5) is 0 Å². The molecule has 0 amide bonds. The van der Waals surface area contributed by atoms with Crippen LogP contribution in [-0.4, -0.2) is 6.54 Å². The minimum Gasteiger partial charge on any atom is -0.330 e. The van der Waals surface area contributed by atoms with Crippen molar-refractivity contribution in [3.63, 3.8) is 0 Å². The largest absolute Gasteiger partial charge is 2.00 e. The van der Waals surface area contributed by atoms with Crippen LogP contribution < -0.4 is 5.73 Å². The molecule has 0 saturated carbocycles. The van der Waals surface area contributed by atoms with Crippen LogP contribution in [0.1, 0.15) is 13.3 Å². The third-order valence-corrected chi connectivity index (χ3v) is 0.289. The molecule has 0 saturated heterocycles. The summed E-state index contributed by atoms with van der Waals surface area (Å²) in [5.41, 5.74) is 5.03. The number of hydrogen-bond donors (Lipinski definition) is 1. The van der Waals surface area contributed by atoms with Gasteiger partial charge in [-0.25, -0.2) is 0 Å². The van der Waals surface area contributed by atoms with Gasteiger partial charge in [0.25, 0.3) is 0 Å². The Morgan fingerprint density at radius 2 is 1.80 bits per heavy atom. The van der Waals surface area contributed by atoms with E-state index >= 15 is 0 Å². The van der Waals surface area contributed by atoms with Crippen molar-refractivity contribution < 1.29 is 17.1 Å². The van der Waals surface area contributed by atoms with Gasteiger partial charge in [-0.2, -0.15) is 0 Å². The summed E-state index contributed by atoms with van der Waals surface area (Å²) in [6, 6.07) is 0. The maximum atomic E-state index is 5.03. The van der Waals surface area contributed by atoms with Crippen LogP contribution >= 0.6 is 0 Å². The third-order valence-electron chi connectivity index (χ3n) is 0.289. The predicted octanol–water partition coefficient (Wildman–Crippen LogP) is 0.353. The molecular weight excluding hydrogens is 114 g/mol. The van der Waals surface area contributed by atoms with Crippen LogP contribution in [0.15, 0.2) is 0 Å². The fraction of sp³-hybridized carbons (Fsp3) is 1.00. The summed E-state index contributed by atoms with van der Waals surface area (Å²) >= 11 is 0. The summed E-state index contributed by atoms with van der Waals surface area (Å²) in [5, 5.41) is 0. The Labute approximate surface area is 43.4 Å². The van der Waals surface area contributed by atoms with E-state index in [-0.39, 0.29) is 17.1 Å². The van der Waals surface area contributed by atoms with Crippen molar-refractivity contribution in [1.82, 2.24) is 0 Å². The maximum absolute atomic E-state index is 5.03. The van der Waals surface area contributed by atoms with E-state index in [1.807, 2.05) is 0 Å². The Morgan fingerprint density at radius 1 is 1.60 bits per heavy atom. The molecule has 1 nitrogen and oxygen atoms in total. The topological polar surface area (TPSA) is 26.0 Å². The van der Waals surface area contributed by atoms with E-state index in [0.29, 0.717) is 0 Å². The van der Waals surface area contributed by atoms with E-state index in [1.165, 1.54) is 0 Å². The Balaban J connectivity index is 0. The number of nitrogens with two attached hydrogens (primary N) is 1. The summed E-state index contributed by atoms with van der Waals surface area (Å²) in [5.74, 6) is 0. The molecule has 0 aliphatic carbocycles. The summed E-state index contributed by atoms with van der Waals surface area (Å²) < 4.78 is 0. The SMILES string of the molecule is CCCN.[Cu+2]. The minimum absolute atomic E-state index is 0. The quantitative estimate of drug-likeness (QED) is 0.500. The zero-order valence-corrected chi connectivity index (χ0v) is 4.23. The van der Waals surface area contributed by atoms with Crippen LogP contribution in [0.25, 0.3) is 0 Å². The smallest absolute Gasteiger partial charge is 0.330 e. The molecule has 0 aliphatic rings. The van der Waals surface area contributed by atoms with Crippen molar-refractivity contribution in [2.75, 3.05) is 6.54 Å². The van der Waals surface area contributed by atoms with Gasteiger partial charge >= 0.3 is 17.1 Å². The van der Waals surface area contributed by atoms with Crippen LogP contribution in [0.5, 0.6) is 0 Å². The molecule has 0 aromatic rings. The molecule has 0 aromatic heterocycles. The second-order valence-electron chi connectivity index (χ2n) is 0.789.